The Morgan fingerprint density at radius 2 is 2.22 bits per heavy atom. The predicted octanol–water partition coefficient (Wildman–Crippen LogP) is 0.226. The summed E-state index contributed by atoms with van der Waals surface area (Å²) in [4.78, 5) is 15.6. The largest absolute Gasteiger partial charge is 0.505 e. The van der Waals surface area contributed by atoms with E-state index in [0.717, 1.165) is 19.3 Å². The number of amides is 1. The fraction of sp³-hybridized carbons (Fsp3) is 0.571. The van der Waals surface area contributed by atoms with Crippen LogP contribution in [0.25, 0.3) is 0 Å². The molecular weight excluding hydrogens is 320 g/mol. The zero-order valence-electron chi connectivity index (χ0n) is 13.0. The van der Waals surface area contributed by atoms with E-state index in [-0.39, 0.29) is 30.6 Å². The maximum Gasteiger partial charge on any atom is 0.279 e. The van der Waals surface area contributed by atoms with Crippen molar-refractivity contribution < 1.29 is 18.3 Å². The van der Waals surface area contributed by atoms with Gasteiger partial charge >= 0.3 is 0 Å². The first-order valence-electron chi connectivity index (χ1n) is 7.60. The molecule has 1 aromatic rings. The zero-order chi connectivity index (χ0) is 16.9. The van der Waals surface area contributed by atoms with E-state index in [4.69, 9.17) is 0 Å². The minimum atomic E-state index is -3.54. The molecule has 3 N–H and O–H groups in total. The average molecular weight is 342 g/mol. The van der Waals surface area contributed by atoms with Crippen LogP contribution in [0.4, 0.5) is 0 Å². The van der Waals surface area contributed by atoms with E-state index in [9.17, 15) is 18.3 Å². The van der Waals surface area contributed by atoms with Crippen LogP contribution in [0.2, 0.25) is 0 Å². The molecule has 0 spiro atoms. The maximum atomic E-state index is 12.2. The SMILES string of the molecule is C[C@H]1CCCCN1S(=O)(=O)NCCNC(=O)c1ncccc1O. The molecule has 2 heterocycles. The molecular formula is C14H22N4O4S. The van der Waals surface area contributed by atoms with Crippen molar-refractivity contribution in [2.75, 3.05) is 19.6 Å². The minimum absolute atomic E-state index is 0.0127. The van der Waals surface area contributed by atoms with Crippen LogP contribution in [0.5, 0.6) is 5.75 Å². The molecule has 8 nitrogen and oxygen atoms in total. The lowest BCUT2D eigenvalue weighted by Gasteiger charge is -2.32. The number of nitrogens with one attached hydrogen (secondary N) is 2. The van der Waals surface area contributed by atoms with Gasteiger partial charge in [0.05, 0.1) is 0 Å². The number of aromatic hydroxyl groups is 1. The molecule has 0 radical (unpaired) electrons. The lowest BCUT2D eigenvalue weighted by Crippen LogP contribution is -2.49. The monoisotopic (exact) mass is 342 g/mol. The number of rotatable bonds is 6. The molecule has 2 rings (SSSR count). The van der Waals surface area contributed by atoms with Gasteiger partial charge in [0.25, 0.3) is 16.1 Å². The summed E-state index contributed by atoms with van der Waals surface area (Å²) in [6.07, 6.45) is 4.16. The Labute approximate surface area is 136 Å². The summed E-state index contributed by atoms with van der Waals surface area (Å²) in [5, 5.41) is 12.0. The standard InChI is InChI=1S/C14H22N4O4S/c1-11-5-2-3-10-18(11)23(21,22)17-9-8-16-14(20)13-12(19)6-4-7-15-13/h4,6-7,11,17,19H,2-3,5,8-10H2,1H3,(H,16,20)/t11-/m0/s1. The van der Waals surface area contributed by atoms with Gasteiger partial charge in [-0.2, -0.15) is 12.7 Å². The predicted molar refractivity (Wildman–Crippen MR) is 85.2 cm³/mol. The van der Waals surface area contributed by atoms with Crippen molar-refractivity contribution in [3.63, 3.8) is 0 Å². The van der Waals surface area contributed by atoms with Gasteiger partial charge in [0.15, 0.2) is 5.69 Å². The maximum absolute atomic E-state index is 12.2. The summed E-state index contributed by atoms with van der Waals surface area (Å²) in [5.74, 6) is -0.763. The number of piperidine rings is 1. The van der Waals surface area contributed by atoms with E-state index in [1.54, 1.807) is 0 Å². The molecule has 1 fully saturated rings. The van der Waals surface area contributed by atoms with Crippen molar-refractivity contribution in [1.82, 2.24) is 19.3 Å². The van der Waals surface area contributed by atoms with Gasteiger partial charge in [0.1, 0.15) is 5.75 Å². The number of carbonyl (C=O) groups is 1. The first-order valence-corrected chi connectivity index (χ1v) is 9.04. The zero-order valence-corrected chi connectivity index (χ0v) is 13.8. The molecule has 0 bridgehead atoms. The molecule has 1 saturated heterocycles. The van der Waals surface area contributed by atoms with Crippen LogP contribution >= 0.6 is 0 Å². The van der Waals surface area contributed by atoms with Crippen molar-refractivity contribution in [2.45, 2.75) is 32.2 Å². The summed E-state index contributed by atoms with van der Waals surface area (Å²) in [6, 6.07) is 2.86. The summed E-state index contributed by atoms with van der Waals surface area (Å²) < 4.78 is 28.4. The molecule has 1 amide bonds. The second-order valence-corrected chi connectivity index (χ2v) is 7.19. The molecule has 0 unspecified atom stereocenters. The van der Waals surface area contributed by atoms with Gasteiger partial charge in [-0.15, -0.1) is 0 Å². The number of nitrogens with zero attached hydrogens (tertiary/aromatic N) is 2. The molecule has 1 aliphatic heterocycles. The third kappa shape index (κ3) is 4.63. The quantitative estimate of drug-likeness (QED) is 0.641. The Balaban J connectivity index is 1.80. The van der Waals surface area contributed by atoms with Gasteiger partial charge in [0, 0.05) is 31.9 Å². The van der Waals surface area contributed by atoms with Gasteiger partial charge in [-0.05, 0) is 31.9 Å². The summed E-state index contributed by atoms with van der Waals surface area (Å²) >= 11 is 0. The van der Waals surface area contributed by atoms with Gasteiger partial charge in [-0.3, -0.25) is 4.79 Å². The highest BCUT2D eigenvalue weighted by molar-refractivity contribution is 7.87. The van der Waals surface area contributed by atoms with E-state index in [0.29, 0.717) is 6.54 Å². The van der Waals surface area contributed by atoms with E-state index < -0.39 is 16.1 Å². The van der Waals surface area contributed by atoms with Crippen LogP contribution in [-0.2, 0) is 10.2 Å². The first kappa shape index (κ1) is 17.6. The minimum Gasteiger partial charge on any atom is -0.505 e. The Bertz CT molecular complexity index is 650. The van der Waals surface area contributed by atoms with Crippen LogP contribution in [0.15, 0.2) is 18.3 Å². The molecule has 23 heavy (non-hydrogen) atoms. The third-order valence-electron chi connectivity index (χ3n) is 3.75. The van der Waals surface area contributed by atoms with Crippen molar-refractivity contribution in [1.29, 1.82) is 0 Å². The molecule has 9 heteroatoms. The highest BCUT2D eigenvalue weighted by Gasteiger charge is 2.28. The van der Waals surface area contributed by atoms with Crippen molar-refractivity contribution in [2.24, 2.45) is 0 Å². The van der Waals surface area contributed by atoms with E-state index in [1.807, 2.05) is 6.92 Å². The average Bonchev–Trinajstić information content (AvgIpc) is 2.52. The molecule has 0 aromatic carbocycles. The smallest absolute Gasteiger partial charge is 0.279 e. The molecule has 128 valence electrons. The highest BCUT2D eigenvalue weighted by atomic mass is 32.2. The van der Waals surface area contributed by atoms with Crippen LogP contribution < -0.4 is 10.0 Å². The van der Waals surface area contributed by atoms with Crippen LogP contribution in [-0.4, -0.2) is 54.4 Å². The van der Waals surface area contributed by atoms with E-state index >= 15 is 0 Å². The van der Waals surface area contributed by atoms with Crippen molar-refractivity contribution in [3.8, 4) is 5.75 Å². The lowest BCUT2D eigenvalue weighted by atomic mass is 10.1. The first-order chi connectivity index (χ1) is 10.9. The second-order valence-electron chi connectivity index (χ2n) is 5.48. The van der Waals surface area contributed by atoms with Gasteiger partial charge in [0.2, 0.25) is 0 Å². The number of carbonyl (C=O) groups excluding carboxylic acids is 1. The fourth-order valence-corrected chi connectivity index (χ4v) is 4.00. The molecule has 1 aromatic heterocycles. The van der Waals surface area contributed by atoms with E-state index in [1.165, 1.54) is 22.6 Å². The number of aromatic nitrogens is 1. The summed E-state index contributed by atoms with van der Waals surface area (Å²) in [7, 11) is -3.54. The lowest BCUT2D eigenvalue weighted by molar-refractivity contribution is 0.0946. The Kier molecular flexibility index (Phi) is 5.91. The van der Waals surface area contributed by atoms with Crippen molar-refractivity contribution >= 4 is 16.1 Å². The van der Waals surface area contributed by atoms with E-state index in [2.05, 4.69) is 15.0 Å². The molecule has 0 saturated carbocycles. The third-order valence-corrected chi connectivity index (χ3v) is 5.48. The molecule has 1 atom stereocenters. The van der Waals surface area contributed by atoms with Gasteiger partial charge in [-0.1, -0.05) is 6.42 Å². The number of pyridine rings is 1. The Morgan fingerprint density at radius 3 is 2.91 bits per heavy atom. The highest BCUT2D eigenvalue weighted by Crippen LogP contribution is 2.18. The Hall–Kier alpha value is -1.71. The second kappa shape index (κ2) is 7.71. The van der Waals surface area contributed by atoms with Gasteiger partial charge < -0.3 is 10.4 Å². The Morgan fingerprint density at radius 1 is 1.43 bits per heavy atom. The topological polar surface area (TPSA) is 112 Å². The number of hydrogen-bond donors (Lipinski definition) is 3. The van der Waals surface area contributed by atoms with Crippen LogP contribution in [0.1, 0.15) is 36.7 Å². The van der Waals surface area contributed by atoms with Gasteiger partial charge in [-0.25, -0.2) is 9.71 Å². The normalized spacial score (nSPS) is 19.4. The molecule has 1 aliphatic rings. The van der Waals surface area contributed by atoms with Crippen molar-refractivity contribution in [3.05, 3.63) is 24.0 Å². The fourth-order valence-electron chi connectivity index (χ4n) is 2.52. The van der Waals surface area contributed by atoms with Crippen LogP contribution in [0, 0.1) is 0 Å². The van der Waals surface area contributed by atoms with Crippen LogP contribution in [0.3, 0.4) is 0 Å². The molecule has 0 aliphatic carbocycles. The summed E-state index contributed by atoms with van der Waals surface area (Å²) in [6.45, 7) is 2.59. The summed E-state index contributed by atoms with van der Waals surface area (Å²) in [5.41, 5.74) is -0.0833. The number of hydrogen-bond acceptors (Lipinski definition) is 5.